The van der Waals surface area contributed by atoms with E-state index in [-0.39, 0.29) is 19.1 Å². The molecular weight excluding hydrogens is 492 g/mol. The van der Waals surface area contributed by atoms with E-state index in [0.717, 1.165) is 4.70 Å². The SMILES string of the molecule is CN(C)C(=O)c1ccc(C(Oc2ccc(C#N)cc2)C(=O)Nc2nc3cc(CO)c(CO)cc3s2)cc1. The van der Waals surface area contributed by atoms with Crippen LogP contribution < -0.4 is 10.1 Å². The Hall–Kier alpha value is -4.30. The number of hydrogen-bond donors (Lipinski definition) is 3. The largest absolute Gasteiger partial charge is 0.476 e. The second-order valence-electron chi connectivity index (χ2n) is 8.37. The van der Waals surface area contributed by atoms with E-state index in [9.17, 15) is 19.8 Å². The number of rotatable bonds is 8. The third kappa shape index (κ3) is 5.76. The van der Waals surface area contributed by atoms with Crippen molar-refractivity contribution in [3.8, 4) is 11.8 Å². The van der Waals surface area contributed by atoms with Gasteiger partial charge in [-0.1, -0.05) is 23.5 Å². The monoisotopic (exact) mass is 516 g/mol. The van der Waals surface area contributed by atoms with Crippen LogP contribution in [0.5, 0.6) is 5.75 Å². The van der Waals surface area contributed by atoms with Crippen LogP contribution in [0.3, 0.4) is 0 Å². The number of fused-ring (bicyclic) bond motifs is 1. The van der Waals surface area contributed by atoms with Crippen molar-refractivity contribution in [3.05, 3.63) is 88.5 Å². The lowest BCUT2D eigenvalue weighted by Gasteiger charge is -2.19. The van der Waals surface area contributed by atoms with Crippen molar-refractivity contribution in [1.82, 2.24) is 9.88 Å². The van der Waals surface area contributed by atoms with Gasteiger partial charge in [-0.05, 0) is 59.7 Å². The zero-order valence-corrected chi connectivity index (χ0v) is 21.0. The van der Waals surface area contributed by atoms with Crippen molar-refractivity contribution in [2.24, 2.45) is 0 Å². The number of hydrogen-bond acceptors (Lipinski definition) is 8. The Kier molecular flexibility index (Phi) is 7.79. The lowest BCUT2D eigenvalue weighted by atomic mass is 10.1. The van der Waals surface area contributed by atoms with Crippen molar-refractivity contribution < 1.29 is 24.5 Å². The highest BCUT2D eigenvalue weighted by molar-refractivity contribution is 7.22. The Bertz CT molecular complexity index is 1430. The molecule has 1 unspecified atom stereocenters. The van der Waals surface area contributed by atoms with E-state index in [0.29, 0.717) is 44.2 Å². The first kappa shape index (κ1) is 25.8. The molecule has 1 heterocycles. The maximum Gasteiger partial charge on any atom is 0.271 e. The summed E-state index contributed by atoms with van der Waals surface area (Å²) in [6, 6.07) is 18.4. The molecule has 0 aliphatic heterocycles. The predicted octanol–water partition coefficient (Wildman–Crippen LogP) is 3.61. The Morgan fingerprint density at radius 1 is 1.05 bits per heavy atom. The molecule has 4 rings (SSSR count). The number of carbonyl (C=O) groups excluding carboxylic acids is 2. The lowest BCUT2D eigenvalue weighted by Crippen LogP contribution is -2.26. The molecule has 0 saturated heterocycles. The number of amides is 2. The quantitative estimate of drug-likeness (QED) is 0.325. The van der Waals surface area contributed by atoms with Crippen LogP contribution in [0.4, 0.5) is 5.13 Å². The molecular formula is C27H24N4O5S. The van der Waals surface area contributed by atoms with Crippen molar-refractivity contribution in [3.63, 3.8) is 0 Å². The molecule has 2 amide bonds. The molecule has 3 aromatic carbocycles. The van der Waals surface area contributed by atoms with E-state index >= 15 is 0 Å². The van der Waals surface area contributed by atoms with Gasteiger partial charge in [0.05, 0.1) is 35.1 Å². The highest BCUT2D eigenvalue weighted by Gasteiger charge is 2.25. The number of ether oxygens (including phenoxy) is 1. The van der Waals surface area contributed by atoms with Crippen LogP contribution in [0.2, 0.25) is 0 Å². The minimum Gasteiger partial charge on any atom is -0.476 e. The second kappa shape index (κ2) is 11.2. The van der Waals surface area contributed by atoms with E-state index in [2.05, 4.69) is 10.3 Å². The van der Waals surface area contributed by atoms with E-state index in [4.69, 9.17) is 10.00 Å². The van der Waals surface area contributed by atoms with Gasteiger partial charge >= 0.3 is 0 Å². The van der Waals surface area contributed by atoms with Gasteiger partial charge in [-0.15, -0.1) is 0 Å². The maximum atomic E-state index is 13.4. The zero-order chi connectivity index (χ0) is 26.5. The molecule has 0 aliphatic rings. The molecule has 1 atom stereocenters. The molecule has 0 radical (unpaired) electrons. The Balaban J connectivity index is 1.64. The van der Waals surface area contributed by atoms with Crippen LogP contribution >= 0.6 is 11.3 Å². The average Bonchev–Trinajstić information content (AvgIpc) is 3.31. The number of aliphatic hydroxyl groups excluding tert-OH is 2. The summed E-state index contributed by atoms with van der Waals surface area (Å²) in [5, 5.41) is 31.3. The number of aliphatic hydroxyl groups is 2. The molecule has 9 nitrogen and oxygen atoms in total. The number of thiazole rings is 1. The molecule has 188 valence electrons. The first-order valence-corrected chi connectivity index (χ1v) is 12.1. The standard InChI is InChI=1S/C27H24N4O5S/c1-31(2)26(35)18-7-5-17(6-8-18)24(36-21-9-3-16(13-28)4-10-21)25(34)30-27-29-22-11-19(14-32)20(15-33)12-23(22)37-27/h3-12,24,32-33H,14-15H2,1-2H3,(H,29,30,34). The molecule has 3 N–H and O–H groups in total. The predicted molar refractivity (Wildman–Crippen MR) is 139 cm³/mol. The summed E-state index contributed by atoms with van der Waals surface area (Å²) in [4.78, 5) is 31.6. The van der Waals surface area contributed by atoms with Crippen LogP contribution in [0.1, 0.15) is 38.7 Å². The smallest absolute Gasteiger partial charge is 0.271 e. The first-order chi connectivity index (χ1) is 17.8. The minimum absolute atomic E-state index is 0.167. The van der Waals surface area contributed by atoms with Crippen LogP contribution in [0, 0.1) is 11.3 Å². The summed E-state index contributed by atoms with van der Waals surface area (Å²) < 4.78 is 6.77. The van der Waals surface area contributed by atoms with E-state index in [1.165, 1.54) is 16.2 Å². The summed E-state index contributed by atoms with van der Waals surface area (Å²) >= 11 is 1.23. The van der Waals surface area contributed by atoms with Gasteiger partial charge in [-0.3, -0.25) is 14.9 Å². The van der Waals surface area contributed by atoms with Crippen LogP contribution in [-0.4, -0.2) is 46.0 Å². The van der Waals surface area contributed by atoms with E-state index in [1.54, 1.807) is 74.8 Å². The third-order valence-electron chi connectivity index (χ3n) is 5.62. The van der Waals surface area contributed by atoms with Gasteiger partial charge in [0.25, 0.3) is 11.8 Å². The summed E-state index contributed by atoms with van der Waals surface area (Å²) in [5.74, 6) is -0.267. The number of nitrogens with zero attached hydrogens (tertiary/aromatic N) is 3. The lowest BCUT2D eigenvalue weighted by molar-refractivity contribution is -0.123. The Morgan fingerprint density at radius 3 is 2.30 bits per heavy atom. The summed E-state index contributed by atoms with van der Waals surface area (Å²) in [5.41, 5.74) is 3.18. The average molecular weight is 517 g/mol. The molecule has 0 saturated carbocycles. The van der Waals surface area contributed by atoms with Crippen molar-refractivity contribution in [1.29, 1.82) is 5.26 Å². The Labute approximate surface area is 217 Å². The topological polar surface area (TPSA) is 136 Å². The third-order valence-corrected chi connectivity index (χ3v) is 6.56. The van der Waals surface area contributed by atoms with Gasteiger partial charge < -0.3 is 19.8 Å². The van der Waals surface area contributed by atoms with Crippen LogP contribution in [0.15, 0.2) is 60.7 Å². The number of aromatic nitrogens is 1. The number of nitriles is 1. The number of carbonyl (C=O) groups is 2. The summed E-state index contributed by atoms with van der Waals surface area (Å²) in [6.45, 7) is -0.462. The summed E-state index contributed by atoms with van der Waals surface area (Å²) in [7, 11) is 3.32. The van der Waals surface area contributed by atoms with Gasteiger partial charge in [-0.25, -0.2) is 4.98 Å². The van der Waals surface area contributed by atoms with Crippen molar-refractivity contribution in [2.45, 2.75) is 19.3 Å². The van der Waals surface area contributed by atoms with Crippen molar-refractivity contribution >= 4 is 38.5 Å². The molecule has 1 aromatic heterocycles. The van der Waals surface area contributed by atoms with Crippen LogP contribution in [-0.2, 0) is 18.0 Å². The molecule has 10 heteroatoms. The van der Waals surface area contributed by atoms with Crippen molar-refractivity contribution in [2.75, 3.05) is 19.4 Å². The fourth-order valence-electron chi connectivity index (χ4n) is 3.65. The van der Waals surface area contributed by atoms with Gasteiger partial charge in [0.1, 0.15) is 5.75 Å². The zero-order valence-electron chi connectivity index (χ0n) is 20.1. The number of anilines is 1. The molecule has 4 aromatic rings. The fourth-order valence-corrected chi connectivity index (χ4v) is 4.57. The molecule has 37 heavy (non-hydrogen) atoms. The number of benzene rings is 3. The molecule has 0 bridgehead atoms. The second-order valence-corrected chi connectivity index (χ2v) is 9.40. The highest BCUT2D eigenvalue weighted by atomic mass is 32.1. The first-order valence-electron chi connectivity index (χ1n) is 11.3. The van der Waals surface area contributed by atoms with Crippen LogP contribution in [0.25, 0.3) is 10.2 Å². The van der Waals surface area contributed by atoms with Gasteiger partial charge in [0.2, 0.25) is 6.10 Å². The van der Waals surface area contributed by atoms with E-state index < -0.39 is 12.0 Å². The van der Waals surface area contributed by atoms with Gasteiger partial charge in [-0.2, -0.15) is 5.26 Å². The minimum atomic E-state index is -1.08. The number of nitrogens with one attached hydrogen (secondary N) is 1. The van der Waals surface area contributed by atoms with Gasteiger partial charge in [0, 0.05) is 25.2 Å². The van der Waals surface area contributed by atoms with E-state index in [1.807, 2.05) is 6.07 Å². The normalized spacial score (nSPS) is 11.5. The Morgan fingerprint density at radius 2 is 1.70 bits per heavy atom. The molecule has 0 spiro atoms. The maximum absolute atomic E-state index is 13.4. The molecule has 0 aliphatic carbocycles. The fraction of sp³-hybridized carbons (Fsp3) is 0.185. The highest BCUT2D eigenvalue weighted by Crippen LogP contribution is 2.31. The van der Waals surface area contributed by atoms with Gasteiger partial charge in [0.15, 0.2) is 5.13 Å². The molecule has 0 fully saturated rings. The summed E-state index contributed by atoms with van der Waals surface area (Å²) in [6.07, 6.45) is -1.08.